The van der Waals surface area contributed by atoms with Crippen LogP contribution in [-0.4, -0.2) is 15.0 Å². The van der Waals surface area contributed by atoms with Crippen molar-refractivity contribution in [3.63, 3.8) is 0 Å². The fraction of sp³-hybridized carbons (Fsp3) is 0.571. The van der Waals surface area contributed by atoms with Crippen LogP contribution in [-0.2, 0) is 10.0 Å². The third-order valence-electron chi connectivity index (χ3n) is 4.04. The Kier molecular flexibility index (Phi) is 5.27. The molecule has 1 aromatic carbocycles. The molecule has 0 aromatic heterocycles. The van der Waals surface area contributed by atoms with Crippen molar-refractivity contribution in [2.75, 3.05) is 12.3 Å². The second-order valence-corrected chi connectivity index (χ2v) is 8.37. The Labute approximate surface area is 133 Å². The highest BCUT2D eigenvalue weighted by atomic mass is 79.9. The first-order valence-electron chi connectivity index (χ1n) is 7.04. The summed E-state index contributed by atoms with van der Waals surface area (Å²) in [6.07, 6.45) is 4.35. The van der Waals surface area contributed by atoms with Crippen LogP contribution in [0.15, 0.2) is 21.5 Å². The lowest BCUT2D eigenvalue weighted by molar-refractivity contribution is 0.290. The summed E-state index contributed by atoms with van der Waals surface area (Å²) in [7, 11) is -3.69. The molecule has 0 bridgehead atoms. The normalized spacial score (nSPS) is 23.2. The van der Waals surface area contributed by atoms with Crippen LogP contribution in [0.5, 0.6) is 0 Å². The van der Waals surface area contributed by atoms with Crippen molar-refractivity contribution < 1.29 is 12.8 Å². The van der Waals surface area contributed by atoms with E-state index in [1.165, 1.54) is 0 Å². The van der Waals surface area contributed by atoms with Crippen molar-refractivity contribution in [3.8, 4) is 0 Å². The number of hydrogen-bond donors (Lipinski definition) is 2. The van der Waals surface area contributed by atoms with E-state index in [2.05, 4.69) is 27.6 Å². The SMILES string of the molecule is CC1CCC(CNS(=O)(=O)c2cc(N)c(F)cc2Br)CC1. The van der Waals surface area contributed by atoms with E-state index < -0.39 is 15.8 Å². The summed E-state index contributed by atoms with van der Waals surface area (Å²) in [5, 5.41) is 0. The van der Waals surface area contributed by atoms with E-state index >= 15 is 0 Å². The van der Waals surface area contributed by atoms with Gasteiger partial charge in [0.2, 0.25) is 10.0 Å². The molecule has 1 fully saturated rings. The van der Waals surface area contributed by atoms with Crippen molar-refractivity contribution in [1.29, 1.82) is 0 Å². The molecule has 1 saturated carbocycles. The van der Waals surface area contributed by atoms with Crippen LogP contribution in [0.3, 0.4) is 0 Å². The predicted octanol–water partition coefficient (Wildman–Crippen LogP) is 3.28. The van der Waals surface area contributed by atoms with E-state index in [1.807, 2.05) is 0 Å². The van der Waals surface area contributed by atoms with Gasteiger partial charge >= 0.3 is 0 Å². The molecule has 3 N–H and O–H groups in total. The summed E-state index contributed by atoms with van der Waals surface area (Å²) in [5.41, 5.74) is 5.28. The highest BCUT2D eigenvalue weighted by molar-refractivity contribution is 9.10. The lowest BCUT2D eigenvalue weighted by atomic mass is 9.83. The average Bonchev–Trinajstić information content (AvgIpc) is 2.42. The smallest absolute Gasteiger partial charge is 0.241 e. The second-order valence-electron chi connectivity index (χ2n) is 5.78. The van der Waals surface area contributed by atoms with Gasteiger partial charge in [0.15, 0.2) is 0 Å². The molecule has 0 radical (unpaired) electrons. The van der Waals surface area contributed by atoms with Gasteiger partial charge in [-0.05, 0) is 52.7 Å². The number of anilines is 1. The van der Waals surface area contributed by atoms with E-state index in [9.17, 15) is 12.8 Å². The zero-order valence-corrected chi connectivity index (χ0v) is 14.3. The van der Waals surface area contributed by atoms with E-state index in [1.54, 1.807) is 0 Å². The highest BCUT2D eigenvalue weighted by Crippen LogP contribution is 2.29. The Morgan fingerprint density at radius 1 is 1.33 bits per heavy atom. The second kappa shape index (κ2) is 6.62. The summed E-state index contributed by atoms with van der Waals surface area (Å²) in [6, 6.07) is 2.22. The summed E-state index contributed by atoms with van der Waals surface area (Å²) in [4.78, 5) is -0.0226. The summed E-state index contributed by atoms with van der Waals surface area (Å²) in [5.74, 6) is 0.457. The van der Waals surface area contributed by atoms with E-state index in [4.69, 9.17) is 5.73 Å². The minimum absolute atomic E-state index is 0.0226. The van der Waals surface area contributed by atoms with Crippen LogP contribution in [0.4, 0.5) is 10.1 Å². The van der Waals surface area contributed by atoms with Gasteiger partial charge in [-0.25, -0.2) is 17.5 Å². The van der Waals surface area contributed by atoms with Crippen LogP contribution >= 0.6 is 15.9 Å². The largest absolute Gasteiger partial charge is 0.396 e. The molecule has 21 heavy (non-hydrogen) atoms. The van der Waals surface area contributed by atoms with Gasteiger partial charge < -0.3 is 5.73 Å². The first-order valence-corrected chi connectivity index (χ1v) is 9.31. The number of nitrogens with two attached hydrogens (primary N) is 1. The zero-order chi connectivity index (χ0) is 15.6. The average molecular weight is 379 g/mol. The Morgan fingerprint density at radius 3 is 2.57 bits per heavy atom. The number of benzene rings is 1. The standard InChI is InChI=1S/C14H20BrFN2O2S/c1-9-2-4-10(5-3-9)8-18-21(19,20)14-7-13(17)12(16)6-11(14)15/h6-7,9-10,18H,2-5,8,17H2,1H3. The number of halogens is 2. The van der Waals surface area contributed by atoms with Gasteiger partial charge in [-0.1, -0.05) is 19.8 Å². The molecular formula is C14H20BrFN2O2S. The molecule has 1 aromatic rings. The van der Waals surface area contributed by atoms with Gasteiger partial charge in [-0.15, -0.1) is 0 Å². The summed E-state index contributed by atoms with van der Waals surface area (Å²) >= 11 is 3.08. The van der Waals surface area contributed by atoms with Crippen LogP contribution in [0, 0.1) is 17.7 Å². The van der Waals surface area contributed by atoms with Gasteiger partial charge in [0.05, 0.1) is 10.6 Å². The van der Waals surface area contributed by atoms with Gasteiger partial charge in [0, 0.05) is 11.0 Å². The fourth-order valence-corrected chi connectivity index (χ4v) is 4.75. The Balaban J connectivity index is 2.07. The predicted molar refractivity (Wildman–Crippen MR) is 84.8 cm³/mol. The molecule has 0 spiro atoms. The Bertz CT molecular complexity index is 614. The lowest BCUT2D eigenvalue weighted by Crippen LogP contribution is -2.31. The number of nitrogen functional groups attached to an aromatic ring is 1. The van der Waals surface area contributed by atoms with Crippen molar-refractivity contribution in [3.05, 3.63) is 22.4 Å². The molecule has 0 saturated heterocycles. The highest BCUT2D eigenvalue weighted by Gasteiger charge is 2.23. The lowest BCUT2D eigenvalue weighted by Gasteiger charge is -2.26. The molecule has 1 aliphatic carbocycles. The molecule has 118 valence electrons. The molecule has 1 aliphatic rings. The van der Waals surface area contributed by atoms with Crippen molar-refractivity contribution in [2.24, 2.45) is 11.8 Å². The Hall–Kier alpha value is -0.660. The van der Waals surface area contributed by atoms with Crippen LogP contribution < -0.4 is 10.5 Å². The molecular weight excluding hydrogens is 359 g/mol. The van der Waals surface area contributed by atoms with E-state index in [0.717, 1.165) is 43.7 Å². The molecule has 7 heteroatoms. The van der Waals surface area contributed by atoms with E-state index in [0.29, 0.717) is 12.5 Å². The van der Waals surface area contributed by atoms with Gasteiger partial charge in [-0.2, -0.15) is 0 Å². The first-order chi connectivity index (χ1) is 9.79. The number of rotatable bonds is 4. The molecule has 0 unspecified atom stereocenters. The number of nitrogens with one attached hydrogen (secondary N) is 1. The molecule has 0 atom stereocenters. The van der Waals surface area contributed by atoms with Crippen molar-refractivity contribution in [1.82, 2.24) is 4.72 Å². The summed E-state index contributed by atoms with van der Waals surface area (Å²) < 4.78 is 40.7. The number of sulfonamides is 1. The van der Waals surface area contributed by atoms with Gasteiger partial charge in [0.25, 0.3) is 0 Å². The topological polar surface area (TPSA) is 72.2 Å². The van der Waals surface area contributed by atoms with Crippen LogP contribution in [0.2, 0.25) is 0 Å². The molecule has 0 heterocycles. The van der Waals surface area contributed by atoms with Crippen LogP contribution in [0.1, 0.15) is 32.6 Å². The van der Waals surface area contributed by atoms with Crippen molar-refractivity contribution in [2.45, 2.75) is 37.5 Å². The quantitative estimate of drug-likeness (QED) is 0.789. The van der Waals surface area contributed by atoms with Crippen molar-refractivity contribution >= 4 is 31.6 Å². The minimum Gasteiger partial charge on any atom is -0.396 e. The molecule has 0 aliphatic heterocycles. The van der Waals surface area contributed by atoms with Gasteiger partial charge in [-0.3, -0.25) is 0 Å². The first kappa shape index (κ1) is 16.7. The molecule has 4 nitrogen and oxygen atoms in total. The maximum Gasteiger partial charge on any atom is 0.241 e. The zero-order valence-electron chi connectivity index (χ0n) is 11.9. The number of hydrogen-bond acceptors (Lipinski definition) is 3. The van der Waals surface area contributed by atoms with Gasteiger partial charge in [0.1, 0.15) is 5.82 Å². The fourth-order valence-electron chi connectivity index (χ4n) is 2.59. The maximum absolute atomic E-state index is 13.3. The maximum atomic E-state index is 13.3. The molecule has 2 rings (SSSR count). The third kappa shape index (κ3) is 4.17. The third-order valence-corrected chi connectivity index (χ3v) is 6.42. The monoisotopic (exact) mass is 378 g/mol. The molecule has 0 amide bonds. The minimum atomic E-state index is -3.69. The Morgan fingerprint density at radius 2 is 1.95 bits per heavy atom. The summed E-state index contributed by atoms with van der Waals surface area (Å²) in [6.45, 7) is 2.64. The van der Waals surface area contributed by atoms with E-state index in [-0.39, 0.29) is 15.1 Å². The van der Waals surface area contributed by atoms with Crippen LogP contribution in [0.25, 0.3) is 0 Å².